The lowest BCUT2D eigenvalue weighted by atomic mass is 9.99. The zero-order chi connectivity index (χ0) is 23.4. The average molecular weight is 486 g/mol. The SMILES string of the molecule is CC(OC(=O)c1cc2c(s1)CCCC2)C(=O)Nc1ccc(S(=O)(=O)Nc2ccccn2)cc1. The number of rotatable bonds is 7. The van der Waals surface area contributed by atoms with Crippen LogP contribution in [0.1, 0.15) is 39.9 Å². The van der Waals surface area contributed by atoms with Crippen molar-refractivity contribution in [3.05, 3.63) is 70.0 Å². The second-order valence-electron chi connectivity index (χ2n) is 7.65. The number of ether oxygens (including phenoxy) is 1. The molecule has 2 aromatic heterocycles. The van der Waals surface area contributed by atoms with Crippen molar-refractivity contribution in [3.63, 3.8) is 0 Å². The third kappa shape index (κ3) is 5.58. The standard InChI is InChI=1S/C23H23N3O5S2/c1-15(31-23(28)20-14-16-6-2-3-7-19(16)32-20)22(27)25-17-9-11-18(12-10-17)33(29,30)26-21-8-4-5-13-24-21/h4-5,8-15H,2-3,6-7H2,1H3,(H,24,26)(H,25,27). The molecule has 0 saturated carbocycles. The maximum absolute atomic E-state index is 12.5. The Hall–Kier alpha value is -3.24. The van der Waals surface area contributed by atoms with Crippen LogP contribution in [0.3, 0.4) is 0 Å². The van der Waals surface area contributed by atoms with Crippen LogP contribution in [0.4, 0.5) is 11.5 Å². The maximum Gasteiger partial charge on any atom is 0.349 e. The topological polar surface area (TPSA) is 114 Å². The maximum atomic E-state index is 12.5. The predicted octanol–water partition coefficient (Wildman–Crippen LogP) is 4.01. The highest BCUT2D eigenvalue weighted by atomic mass is 32.2. The Balaban J connectivity index is 1.35. The molecule has 172 valence electrons. The van der Waals surface area contributed by atoms with E-state index in [2.05, 4.69) is 15.0 Å². The average Bonchev–Trinajstić information content (AvgIpc) is 3.24. The number of nitrogens with zero attached hydrogens (tertiary/aromatic N) is 1. The summed E-state index contributed by atoms with van der Waals surface area (Å²) in [7, 11) is -3.82. The number of fused-ring (bicyclic) bond motifs is 1. The van der Waals surface area contributed by atoms with Gasteiger partial charge >= 0.3 is 5.97 Å². The normalized spacial score (nSPS) is 14.1. The molecule has 3 aromatic rings. The van der Waals surface area contributed by atoms with Gasteiger partial charge < -0.3 is 10.1 Å². The predicted molar refractivity (Wildman–Crippen MR) is 126 cm³/mol. The van der Waals surface area contributed by atoms with Gasteiger partial charge in [0.1, 0.15) is 10.7 Å². The Morgan fingerprint density at radius 2 is 1.85 bits per heavy atom. The van der Waals surface area contributed by atoms with E-state index >= 15 is 0 Å². The number of thiophene rings is 1. The van der Waals surface area contributed by atoms with E-state index in [1.807, 2.05) is 6.07 Å². The van der Waals surface area contributed by atoms with E-state index in [9.17, 15) is 18.0 Å². The lowest BCUT2D eigenvalue weighted by molar-refractivity contribution is -0.123. The molecule has 0 saturated heterocycles. The Bertz CT molecular complexity index is 1230. The van der Waals surface area contributed by atoms with Crippen molar-refractivity contribution in [1.29, 1.82) is 0 Å². The first-order valence-electron chi connectivity index (χ1n) is 10.5. The summed E-state index contributed by atoms with van der Waals surface area (Å²) in [6.45, 7) is 1.50. The van der Waals surface area contributed by atoms with Crippen LogP contribution in [-0.2, 0) is 32.4 Å². The smallest absolute Gasteiger partial charge is 0.349 e. The lowest BCUT2D eigenvalue weighted by Crippen LogP contribution is -2.29. The lowest BCUT2D eigenvalue weighted by Gasteiger charge is -2.13. The van der Waals surface area contributed by atoms with Gasteiger partial charge in [0.05, 0.1) is 4.90 Å². The number of benzene rings is 1. The molecule has 2 N–H and O–H groups in total. The number of pyridine rings is 1. The van der Waals surface area contributed by atoms with Gasteiger partial charge in [-0.3, -0.25) is 9.52 Å². The Morgan fingerprint density at radius 1 is 1.09 bits per heavy atom. The number of hydrogen-bond acceptors (Lipinski definition) is 7. The molecule has 1 amide bonds. The van der Waals surface area contributed by atoms with Crippen LogP contribution < -0.4 is 10.0 Å². The monoisotopic (exact) mass is 485 g/mol. The number of esters is 1. The van der Waals surface area contributed by atoms with E-state index < -0.39 is 28.0 Å². The first kappa shape index (κ1) is 22.9. The number of carbonyl (C=O) groups is 2. The number of hydrogen-bond donors (Lipinski definition) is 2. The second kappa shape index (κ2) is 9.72. The minimum absolute atomic E-state index is 0.0206. The number of aromatic nitrogens is 1. The molecule has 1 unspecified atom stereocenters. The highest BCUT2D eigenvalue weighted by Crippen LogP contribution is 2.30. The van der Waals surface area contributed by atoms with E-state index in [0.29, 0.717) is 10.6 Å². The van der Waals surface area contributed by atoms with Crippen LogP contribution in [0.5, 0.6) is 0 Å². The molecule has 0 radical (unpaired) electrons. The molecule has 1 atom stereocenters. The first-order valence-corrected chi connectivity index (χ1v) is 12.8. The summed E-state index contributed by atoms with van der Waals surface area (Å²) in [4.78, 5) is 30.6. The Morgan fingerprint density at radius 3 is 2.55 bits per heavy atom. The van der Waals surface area contributed by atoms with Gasteiger partial charge in [-0.1, -0.05) is 6.07 Å². The van der Waals surface area contributed by atoms with Gasteiger partial charge in [0, 0.05) is 16.8 Å². The zero-order valence-electron chi connectivity index (χ0n) is 17.9. The van der Waals surface area contributed by atoms with E-state index in [1.165, 1.54) is 59.2 Å². The molecular weight excluding hydrogens is 462 g/mol. The summed E-state index contributed by atoms with van der Waals surface area (Å²) in [6, 6.07) is 12.4. The Kier molecular flexibility index (Phi) is 6.75. The number of amides is 1. The fraction of sp³-hybridized carbons (Fsp3) is 0.261. The summed E-state index contributed by atoms with van der Waals surface area (Å²) < 4.78 is 32.7. The van der Waals surface area contributed by atoms with Crippen molar-refractivity contribution in [3.8, 4) is 0 Å². The highest BCUT2D eigenvalue weighted by Gasteiger charge is 2.23. The van der Waals surface area contributed by atoms with Crippen LogP contribution in [0.15, 0.2) is 59.6 Å². The molecule has 2 heterocycles. The van der Waals surface area contributed by atoms with Crippen molar-refractivity contribution < 1.29 is 22.7 Å². The molecular formula is C23H23N3O5S2. The Labute approximate surface area is 196 Å². The van der Waals surface area contributed by atoms with Gasteiger partial charge in [-0.2, -0.15) is 0 Å². The quantitative estimate of drug-likeness (QED) is 0.489. The number of anilines is 2. The van der Waals surface area contributed by atoms with Gasteiger partial charge in [-0.25, -0.2) is 18.2 Å². The minimum atomic E-state index is -3.82. The third-order valence-corrected chi connectivity index (χ3v) is 7.77. The van der Waals surface area contributed by atoms with Crippen LogP contribution in [-0.4, -0.2) is 31.4 Å². The summed E-state index contributed by atoms with van der Waals surface area (Å²) in [5, 5.41) is 2.64. The van der Waals surface area contributed by atoms with Gasteiger partial charge in [0.2, 0.25) is 0 Å². The van der Waals surface area contributed by atoms with Crippen LogP contribution in [0.2, 0.25) is 0 Å². The van der Waals surface area contributed by atoms with Crippen LogP contribution in [0.25, 0.3) is 0 Å². The summed E-state index contributed by atoms with van der Waals surface area (Å²) in [5.41, 5.74) is 1.58. The summed E-state index contributed by atoms with van der Waals surface area (Å²) in [6.07, 6.45) is 4.67. The van der Waals surface area contributed by atoms with E-state index in [-0.39, 0.29) is 10.7 Å². The summed E-state index contributed by atoms with van der Waals surface area (Å²) in [5.74, 6) is -0.817. The number of sulfonamides is 1. The van der Waals surface area contributed by atoms with E-state index in [1.54, 1.807) is 18.2 Å². The number of aryl methyl sites for hydroxylation is 2. The fourth-order valence-corrected chi connectivity index (χ4v) is 5.59. The molecule has 10 heteroatoms. The molecule has 8 nitrogen and oxygen atoms in total. The molecule has 0 bridgehead atoms. The number of nitrogens with one attached hydrogen (secondary N) is 2. The van der Waals surface area contributed by atoms with Crippen molar-refractivity contribution in [2.45, 2.75) is 43.6 Å². The highest BCUT2D eigenvalue weighted by molar-refractivity contribution is 7.92. The molecule has 0 aliphatic heterocycles. The van der Waals surface area contributed by atoms with Crippen molar-refractivity contribution in [2.75, 3.05) is 10.0 Å². The number of carbonyl (C=O) groups excluding carboxylic acids is 2. The van der Waals surface area contributed by atoms with Crippen molar-refractivity contribution in [2.24, 2.45) is 0 Å². The molecule has 4 rings (SSSR count). The second-order valence-corrected chi connectivity index (χ2v) is 10.5. The fourth-order valence-electron chi connectivity index (χ4n) is 3.44. The zero-order valence-corrected chi connectivity index (χ0v) is 19.5. The van der Waals surface area contributed by atoms with Gasteiger partial charge in [0.25, 0.3) is 15.9 Å². The molecule has 1 aliphatic carbocycles. The van der Waals surface area contributed by atoms with E-state index in [4.69, 9.17) is 4.74 Å². The van der Waals surface area contributed by atoms with Gasteiger partial charge in [-0.15, -0.1) is 11.3 Å². The molecule has 0 spiro atoms. The summed E-state index contributed by atoms with van der Waals surface area (Å²) >= 11 is 1.43. The van der Waals surface area contributed by atoms with E-state index in [0.717, 1.165) is 25.7 Å². The molecule has 33 heavy (non-hydrogen) atoms. The van der Waals surface area contributed by atoms with Crippen molar-refractivity contribution >= 4 is 44.7 Å². The molecule has 0 fully saturated rings. The minimum Gasteiger partial charge on any atom is -0.448 e. The third-order valence-electron chi connectivity index (χ3n) is 5.19. The van der Waals surface area contributed by atoms with Crippen LogP contribution >= 0.6 is 11.3 Å². The van der Waals surface area contributed by atoms with Gasteiger partial charge in [0.15, 0.2) is 6.10 Å². The van der Waals surface area contributed by atoms with Crippen molar-refractivity contribution in [1.82, 2.24) is 4.98 Å². The molecule has 1 aliphatic rings. The largest absolute Gasteiger partial charge is 0.448 e. The first-order chi connectivity index (χ1) is 15.8. The van der Waals surface area contributed by atoms with Crippen LogP contribution in [0, 0.1) is 0 Å². The van der Waals surface area contributed by atoms with Gasteiger partial charge in [-0.05, 0) is 80.6 Å². The molecule has 1 aromatic carbocycles.